The Morgan fingerprint density at radius 1 is 1.05 bits per heavy atom. The molecule has 4 heteroatoms. The van der Waals surface area contributed by atoms with Crippen molar-refractivity contribution in [2.45, 2.75) is 6.92 Å². The number of benzene rings is 2. The van der Waals surface area contributed by atoms with Crippen molar-refractivity contribution in [3.05, 3.63) is 53.2 Å². The molecule has 20 heavy (non-hydrogen) atoms. The zero-order valence-electron chi connectivity index (χ0n) is 11.2. The fourth-order valence-corrected chi connectivity index (χ4v) is 2.33. The first-order valence-corrected chi connectivity index (χ1v) is 6.63. The van der Waals surface area contributed by atoms with Gasteiger partial charge in [0.05, 0.1) is 12.6 Å². The van der Waals surface area contributed by atoms with Crippen LogP contribution in [-0.2, 0) is 0 Å². The summed E-state index contributed by atoms with van der Waals surface area (Å²) < 4.78 is 5.22. The van der Waals surface area contributed by atoms with E-state index in [9.17, 15) is 0 Å². The van der Waals surface area contributed by atoms with E-state index in [2.05, 4.69) is 9.97 Å². The molecule has 0 saturated heterocycles. The second-order valence-electron chi connectivity index (χ2n) is 4.59. The Labute approximate surface area is 122 Å². The minimum Gasteiger partial charge on any atom is -0.497 e. The SMILES string of the molecule is COc1cccc(-c2nc(Cl)c3ccc(C)cc3n2)c1. The molecular formula is C16H13ClN2O. The normalized spacial score (nSPS) is 10.8. The predicted octanol–water partition coefficient (Wildman–Crippen LogP) is 4.27. The summed E-state index contributed by atoms with van der Waals surface area (Å²) in [5.74, 6) is 1.37. The van der Waals surface area contributed by atoms with Crippen LogP contribution >= 0.6 is 11.6 Å². The van der Waals surface area contributed by atoms with Crippen molar-refractivity contribution in [3.8, 4) is 17.1 Å². The number of aromatic nitrogens is 2. The second kappa shape index (κ2) is 5.10. The largest absolute Gasteiger partial charge is 0.497 e. The zero-order chi connectivity index (χ0) is 14.1. The second-order valence-corrected chi connectivity index (χ2v) is 4.95. The zero-order valence-corrected chi connectivity index (χ0v) is 12.0. The van der Waals surface area contributed by atoms with Crippen LogP contribution in [0.25, 0.3) is 22.3 Å². The van der Waals surface area contributed by atoms with Gasteiger partial charge in [0.2, 0.25) is 0 Å². The van der Waals surface area contributed by atoms with E-state index in [1.807, 2.05) is 49.4 Å². The van der Waals surface area contributed by atoms with E-state index >= 15 is 0 Å². The minimum absolute atomic E-state index is 0.466. The van der Waals surface area contributed by atoms with Gasteiger partial charge in [-0.15, -0.1) is 0 Å². The third-order valence-electron chi connectivity index (χ3n) is 3.13. The third kappa shape index (κ3) is 2.32. The van der Waals surface area contributed by atoms with Crippen molar-refractivity contribution < 1.29 is 4.74 Å². The van der Waals surface area contributed by atoms with Crippen molar-refractivity contribution in [2.24, 2.45) is 0 Å². The molecule has 0 aliphatic heterocycles. The van der Waals surface area contributed by atoms with Crippen LogP contribution in [-0.4, -0.2) is 17.1 Å². The van der Waals surface area contributed by atoms with E-state index < -0.39 is 0 Å². The van der Waals surface area contributed by atoms with Crippen LogP contribution in [0.2, 0.25) is 5.15 Å². The molecule has 0 radical (unpaired) electrons. The predicted molar refractivity (Wildman–Crippen MR) is 81.3 cm³/mol. The average Bonchev–Trinajstić information content (AvgIpc) is 2.46. The molecule has 0 spiro atoms. The summed E-state index contributed by atoms with van der Waals surface area (Å²) in [5, 5.41) is 1.33. The molecule has 0 atom stereocenters. The van der Waals surface area contributed by atoms with E-state index in [0.29, 0.717) is 11.0 Å². The van der Waals surface area contributed by atoms with Crippen molar-refractivity contribution in [1.29, 1.82) is 0 Å². The monoisotopic (exact) mass is 284 g/mol. The summed E-state index contributed by atoms with van der Waals surface area (Å²) in [6.07, 6.45) is 0. The molecule has 1 heterocycles. The number of fused-ring (bicyclic) bond motifs is 1. The van der Waals surface area contributed by atoms with Gasteiger partial charge in [-0.2, -0.15) is 0 Å². The molecule has 0 unspecified atom stereocenters. The number of hydrogen-bond donors (Lipinski definition) is 0. The van der Waals surface area contributed by atoms with Crippen LogP contribution in [0.5, 0.6) is 5.75 Å². The van der Waals surface area contributed by atoms with Crippen LogP contribution in [0.15, 0.2) is 42.5 Å². The minimum atomic E-state index is 0.466. The highest BCUT2D eigenvalue weighted by molar-refractivity contribution is 6.34. The van der Waals surface area contributed by atoms with Gasteiger partial charge in [-0.3, -0.25) is 0 Å². The van der Waals surface area contributed by atoms with Crippen LogP contribution in [0.3, 0.4) is 0 Å². The lowest BCUT2D eigenvalue weighted by Crippen LogP contribution is -1.93. The Kier molecular flexibility index (Phi) is 3.28. The van der Waals surface area contributed by atoms with Gasteiger partial charge in [-0.25, -0.2) is 9.97 Å². The van der Waals surface area contributed by atoms with Gasteiger partial charge in [0, 0.05) is 10.9 Å². The maximum atomic E-state index is 6.26. The number of methoxy groups -OCH3 is 1. The highest BCUT2D eigenvalue weighted by atomic mass is 35.5. The number of hydrogen-bond acceptors (Lipinski definition) is 3. The summed E-state index contributed by atoms with van der Waals surface area (Å²) in [6.45, 7) is 2.03. The summed E-state index contributed by atoms with van der Waals surface area (Å²) in [5.41, 5.74) is 2.88. The van der Waals surface area contributed by atoms with Crippen molar-refractivity contribution in [3.63, 3.8) is 0 Å². The molecule has 0 amide bonds. The van der Waals surface area contributed by atoms with Gasteiger partial charge in [-0.05, 0) is 36.8 Å². The van der Waals surface area contributed by atoms with Crippen molar-refractivity contribution in [2.75, 3.05) is 7.11 Å². The van der Waals surface area contributed by atoms with E-state index in [1.54, 1.807) is 7.11 Å². The Morgan fingerprint density at radius 3 is 2.70 bits per heavy atom. The van der Waals surface area contributed by atoms with Gasteiger partial charge < -0.3 is 4.74 Å². The lowest BCUT2D eigenvalue weighted by molar-refractivity contribution is 0.415. The molecule has 2 aromatic carbocycles. The summed E-state index contributed by atoms with van der Waals surface area (Å²) >= 11 is 6.26. The first kappa shape index (κ1) is 12.9. The lowest BCUT2D eigenvalue weighted by atomic mass is 10.1. The maximum Gasteiger partial charge on any atom is 0.161 e. The van der Waals surface area contributed by atoms with Crippen LogP contribution in [0.4, 0.5) is 0 Å². The Hall–Kier alpha value is -2.13. The molecule has 3 rings (SSSR count). The Morgan fingerprint density at radius 2 is 1.90 bits per heavy atom. The topological polar surface area (TPSA) is 35.0 Å². The van der Waals surface area contributed by atoms with E-state index in [4.69, 9.17) is 16.3 Å². The van der Waals surface area contributed by atoms with Crippen LogP contribution in [0.1, 0.15) is 5.56 Å². The first-order valence-electron chi connectivity index (χ1n) is 6.26. The van der Waals surface area contributed by atoms with E-state index in [0.717, 1.165) is 27.8 Å². The quantitative estimate of drug-likeness (QED) is 0.659. The van der Waals surface area contributed by atoms with Gasteiger partial charge in [-0.1, -0.05) is 29.8 Å². The molecule has 0 fully saturated rings. The summed E-state index contributed by atoms with van der Waals surface area (Å²) in [7, 11) is 1.64. The first-order chi connectivity index (χ1) is 9.67. The summed E-state index contributed by atoms with van der Waals surface area (Å²) in [4.78, 5) is 8.97. The summed E-state index contributed by atoms with van der Waals surface area (Å²) in [6, 6.07) is 13.6. The average molecular weight is 285 g/mol. The lowest BCUT2D eigenvalue weighted by Gasteiger charge is -2.06. The smallest absolute Gasteiger partial charge is 0.161 e. The third-order valence-corrected chi connectivity index (χ3v) is 3.42. The van der Waals surface area contributed by atoms with E-state index in [1.165, 1.54) is 0 Å². The Bertz CT molecular complexity index is 787. The standard InChI is InChI=1S/C16H13ClN2O/c1-10-6-7-13-14(8-10)18-16(19-15(13)17)11-4-3-5-12(9-11)20-2/h3-9H,1-2H3. The highest BCUT2D eigenvalue weighted by Gasteiger charge is 2.08. The van der Waals surface area contributed by atoms with Crippen LogP contribution < -0.4 is 4.74 Å². The molecular weight excluding hydrogens is 272 g/mol. The molecule has 100 valence electrons. The maximum absolute atomic E-state index is 6.26. The van der Waals surface area contributed by atoms with Crippen LogP contribution in [0, 0.1) is 6.92 Å². The molecule has 0 N–H and O–H groups in total. The number of rotatable bonds is 2. The molecule has 1 aromatic heterocycles. The molecule has 0 aliphatic carbocycles. The molecule has 0 saturated carbocycles. The molecule has 0 aliphatic rings. The molecule has 3 aromatic rings. The number of halogens is 1. The molecule has 0 bridgehead atoms. The highest BCUT2D eigenvalue weighted by Crippen LogP contribution is 2.27. The fraction of sp³-hybridized carbons (Fsp3) is 0.125. The van der Waals surface area contributed by atoms with Gasteiger partial charge in [0.15, 0.2) is 5.82 Å². The van der Waals surface area contributed by atoms with E-state index in [-0.39, 0.29) is 0 Å². The van der Waals surface area contributed by atoms with Gasteiger partial charge in [0.25, 0.3) is 0 Å². The number of nitrogens with zero attached hydrogens (tertiary/aromatic N) is 2. The Balaban J connectivity index is 2.20. The van der Waals surface area contributed by atoms with Crippen molar-refractivity contribution in [1.82, 2.24) is 9.97 Å². The van der Waals surface area contributed by atoms with Gasteiger partial charge in [0.1, 0.15) is 10.9 Å². The number of ether oxygens (including phenoxy) is 1. The van der Waals surface area contributed by atoms with Crippen molar-refractivity contribution >= 4 is 22.5 Å². The fourth-order valence-electron chi connectivity index (χ4n) is 2.09. The molecule has 3 nitrogen and oxygen atoms in total. The number of aryl methyl sites for hydroxylation is 1. The van der Waals surface area contributed by atoms with Gasteiger partial charge >= 0.3 is 0 Å².